The Morgan fingerprint density at radius 3 is 2.80 bits per heavy atom. The number of rotatable bonds is 5. The van der Waals surface area contributed by atoms with Crippen LogP contribution in [0.3, 0.4) is 0 Å². The number of amides is 1. The van der Waals surface area contributed by atoms with Crippen molar-refractivity contribution in [2.45, 2.75) is 25.3 Å². The summed E-state index contributed by atoms with van der Waals surface area (Å²) >= 11 is 11.9. The first-order valence-corrected chi connectivity index (χ1v) is 7.12. The Labute approximate surface area is 128 Å². The van der Waals surface area contributed by atoms with Gasteiger partial charge in [-0.25, -0.2) is 0 Å². The van der Waals surface area contributed by atoms with Crippen molar-refractivity contribution < 1.29 is 4.79 Å². The fraction of sp³-hybridized carbons (Fsp3) is 0.429. The molecule has 0 aliphatic heterocycles. The highest BCUT2D eigenvalue weighted by molar-refractivity contribution is 6.43. The Balaban J connectivity index is 1.92. The third-order valence-electron chi connectivity index (χ3n) is 3.42. The SMILES string of the molecule is CC(C#N)(NC(=O)CNc1cccc(Cl)c1Cl)C1CC1. The number of hydrogen-bond acceptors (Lipinski definition) is 3. The number of halogens is 2. The average molecular weight is 312 g/mol. The van der Waals surface area contributed by atoms with Crippen LogP contribution in [0, 0.1) is 17.2 Å². The van der Waals surface area contributed by atoms with Gasteiger partial charge in [0.2, 0.25) is 5.91 Å². The molecule has 1 amide bonds. The van der Waals surface area contributed by atoms with E-state index in [0.717, 1.165) is 12.8 Å². The van der Waals surface area contributed by atoms with Gasteiger partial charge in [0.25, 0.3) is 0 Å². The van der Waals surface area contributed by atoms with Gasteiger partial charge < -0.3 is 10.6 Å². The van der Waals surface area contributed by atoms with Crippen LogP contribution in [0.1, 0.15) is 19.8 Å². The van der Waals surface area contributed by atoms with E-state index in [2.05, 4.69) is 16.7 Å². The predicted molar refractivity (Wildman–Crippen MR) is 79.8 cm³/mol. The van der Waals surface area contributed by atoms with Gasteiger partial charge >= 0.3 is 0 Å². The minimum Gasteiger partial charge on any atom is -0.375 e. The molecule has 20 heavy (non-hydrogen) atoms. The standard InChI is InChI=1S/C14H15Cl2N3O/c1-14(8-17,9-5-6-9)19-12(20)7-18-11-4-2-3-10(15)13(11)16/h2-4,9,18H,5-7H2,1H3,(H,19,20). The third kappa shape index (κ3) is 3.36. The van der Waals surface area contributed by atoms with E-state index < -0.39 is 5.54 Å². The maximum absolute atomic E-state index is 11.9. The average Bonchev–Trinajstić information content (AvgIpc) is 3.25. The second kappa shape index (κ2) is 5.90. The summed E-state index contributed by atoms with van der Waals surface area (Å²) in [7, 11) is 0. The molecule has 1 aliphatic carbocycles. The van der Waals surface area contributed by atoms with Gasteiger partial charge in [0.05, 0.1) is 28.3 Å². The second-order valence-corrected chi connectivity index (χ2v) is 5.88. The van der Waals surface area contributed by atoms with E-state index in [0.29, 0.717) is 15.7 Å². The predicted octanol–water partition coefficient (Wildman–Crippen LogP) is 3.21. The molecule has 2 N–H and O–H groups in total. The van der Waals surface area contributed by atoms with Crippen molar-refractivity contribution in [1.82, 2.24) is 5.32 Å². The topological polar surface area (TPSA) is 64.9 Å². The normalized spacial score (nSPS) is 16.9. The summed E-state index contributed by atoms with van der Waals surface area (Å²) in [6, 6.07) is 7.35. The molecular weight excluding hydrogens is 297 g/mol. The molecule has 1 aliphatic rings. The molecule has 0 spiro atoms. The molecule has 0 radical (unpaired) electrons. The van der Waals surface area contributed by atoms with Crippen molar-refractivity contribution in [2.24, 2.45) is 5.92 Å². The van der Waals surface area contributed by atoms with Gasteiger partial charge in [0.15, 0.2) is 0 Å². The molecule has 0 saturated heterocycles. The number of hydrogen-bond donors (Lipinski definition) is 2. The molecule has 0 bridgehead atoms. The van der Waals surface area contributed by atoms with Gasteiger partial charge in [0.1, 0.15) is 5.54 Å². The molecule has 106 valence electrons. The maximum Gasteiger partial charge on any atom is 0.240 e. The Kier molecular flexibility index (Phi) is 4.42. The highest BCUT2D eigenvalue weighted by atomic mass is 35.5. The summed E-state index contributed by atoms with van der Waals surface area (Å²) in [5.74, 6) is 0.0169. The van der Waals surface area contributed by atoms with E-state index in [1.165, 1.54) is 0 Å². The first kappa shape index (κ1) is 15.0. The minimum absolute atomic E-state index is 0.0457. The van der Waals surface area contributed by atoms with Crippen molar-refractivity contribution in [2.75, 3.05) is 11.9 Å². The first-order valence-electron chi connectivity index (χ1n) is 6.36. The maximum atomic E-state index is 11.9. The fourth-order valence-corrected chi connectivity index (χ4v) is 2.40. The lowest BCUT2D eigenvalue weighted by molar-refractivity contribution is -0.120. The highest BCUT2D eigenvalue weighted by Gasteiger charge is 2.42. The van der Waals surface area contributed by atoms with Gasteiger partial charge in [0, 0.05) is 0 Å². The Morgan fingerprint density at radius 1 is 1.50 bits per heavy atom. The van der Waals surface area contributed by atoms with E-state index >= 15 is 0 Å². The summed E-state index contributed by atoms with van der Waals surface area (Å²) in [6.07, 6.45) is 1.97. The fourth-order valence-electron chi connectivity index (χ4n) is 2.03. The highest BCUT2D eigenvalue weighted by Crippen LogP contribution is 2.39. The second-order valence-electron chi connectivity index (χ2n) is 5.09. The molecule has 0 heterocycles. The van der Waals surface area contributed by atoms with Crippen LogP contribution in [0.5, 0.6) is 0 Å². The molecule has 1 unspecified atom stereocenters. The van der Waals surface area contributed by atoms with Gasteiger partial charge in [-0.2, -0.15) is 5.26 Å². The summed E-state index contributed by atoms with van der Waals surface area (Å²) < 4.78 is 0. The van der Waals surface area contributed by atoms with Gasteiger partial charge in [-0.05, 0) is 37.8 Å². The van der Waals surface area contributed by atoms with Gasteiger partial charge in [-0.1, -0.05) is 29.3 Å². The van der Waals surface area contributed by atoms with Crippen molar-refractivity contribution in [3.8, 4) is 6.07 Å². The third-order valence-corrected chi connectivity index (χ3v) is 4.24. The lowest BCUT2D eigenvalue weighted by Crippen LogP contribution is -2.48. The quantitative estimate of drug-likeness (QED) is 0.877. The summed E-state index contributed by atoms with van der Waals surface area (Å²) in [5.41, 5.74) is -0.184. The number of nitrogens with zero attached hydrogens (tertiary/aromatic N) is 1. The van der Waals surface area contributed by atoms with Crippen molar-refractivity contribution in [3.63, 3.8) is 0 Å². The monoisotopic (exact) mass is 311 g/mol. The Hall–Kier alpha value is -1.44. The number of nitrogens with one attached hydrogen (secondary N) is 2. The van der Waals surface area contributed by atoms with Gasteiger partial charge in [-0.3, -0.25) is 4.79 Å². The number of benzene rings is 1. The Morgan fingerprint density at radius 2 is 2.20 bits per heavy atom. The lowest BCUT2D eigenvalue weighted by Gasteiger charge is -2.23. The number of carbonyl (C=O) groups excluding carboxylic acids is 1. The van der Waals surface area contributed by atoms with Crippen LogP contribution in [0.2, 0.25) is 10.0 Å². The van der Waals surface area contributed by atoms with E-state index in [1.807, 2.05) is 0 Å². The molecule has 1 aromatic carbocycles. The first-order chi connectivity index (χ1) is 9.46. The summed E-state index contributed by atoms with van der Waals surface area (Å²) in [4.78, 5) is 11.9. The summed E-state index contributed by atoms with van der Waals surface area (Å²) in [5, 5.41) is 15.7. The zero-order chi connectivity index (χ0) is 14.8. The van der Waals surface area contributed by atoms with E-state index in [-0.39, 0.29) is 18.4 Å². The zero-order valence-corrected chi connectivity index (χ0v) is 12.6. The largest absolute Gasteiger partial charge is 0.375 e. The van der Waals surface area contributed by atoms with Crippen LogP contribution in [-0.4, -0.2) is 18.0 Å². The Bertz CT molecular complexity index is 566. The molecule has 6 heteroatoms. The minimum atomic E-state index is -0.781. The van der Waals surface area contributed by atoms with Crippen molar-refractivity contribution in [3.05, 3.63) is 28.2 Å². The summed E-state index contributed by atoms with van der Waals surface area (Å²) in [6.45, 7) is 1.80. The van der Waals surface area contributed by atoms with Crippen LogP contribution in [0.15, 0.2) is 18.2 Å². The van der Waals surface area contributed by atoms with Crippen LogP contribution < -0.4 is 10.6 Å². The molecule has 0 aromatic heterocycles. The molecule has 2 rings (SSSR count). The van der Waals surface area contributed by atoms with Crippen LogP contribution >= 0.6 is 23.2 Å². The lowest BCUT2D eigenvalue weighted by atomic mass is 9.98. The molecule has 1 saturated carbocycles. The van der Waals surface area contributed by atoms with Crippen LogP contribution in [0.4, 0.5) is 5.69 Å². The molecule has 1 aromatic rings. The number of nitriles is 1. The molecule has 1 atom stereocenters. The number of anilines is 1. The zero-order valence-electron chi connectivity index (χ0n) is 11.0. The smallest absolute Gasteiger partial charge is 0.240 e. The van der Waals surface area contributed by atoms with Crippen molar-refractivity contribution >= 4 is 34.8 Å². The van der Waals surface area contributed by atoms with Crippen LogP contribution in [0.25, 0.3) is 0 Å². The molecule has 1 fully saturated rings. The van der Waals surface area contributed by atoms with E-state index in [4.69, 9.17) is 23.2 Å². The van der Waals surface area contributed by atoms with Crippen LogP contribution in [-0.2, 0) is 4.79 Å². The van der Waals surface area contributed by atoms with E-state index in [9.17, 15) is 10.1 Å². The molecular formula is C14H15Cl2N3O. The van der Waals surface area contributed by atoms with E-state index in [1.54, 1.807) is 25.1 Å². The van der Waals surface area contributed by atoms with Gasteiger partial charge in [-0.15, -0.1) is 0 Å². The number of carbonyl (C=O) groups is 1. The van der Waals surface area contributed by atoms with Crippen molar-refractivity contribution in [1.29, 1.82) is 5.26 Å². The molecule has 4 nitrogen and oxygen atoms in total.